The molecule has 3 heterocycles. The molecule has 0 aromatic heterocycles. The molecule has 8 atom stereocenters. The number of rotatable bonds is 5. The number of hydrogen-bond donors (Lipinski definition) is 2. The van der Waals surface area contributed by atoms with Gasteiger partial charge in [-0.25, -0.2) is 13.8 Å². The number of anilines is 1. The van der Waals surface area contributed by atoms with Crippen molar-refractivity contribution in [3.8, 4) is 5.75 Å². The number of nitrogens with one attached hydrogen (secondary N) is 2. The van der Waals surface area contributed by atoms with Gasteiger partial charge in [0.15, 0.2) is 0 Å². The van der Waals surface area contributed by atoms with E-state index in [1.165, 1.54) is 23.1 Å². The number of nitrogens with zero attached hydrogens (tertiary/aromatic N) is 4. The van der Waals surface area contributed by atoms with Crippen LogP contribution in [0.3, 0.4) is 0 Å². The normalized spacial score (nSPS) is 30.1. The minimum absolute atomic E-state index is 0.0616. The fourth-order valence-corrected chi connectivity index (χ4v) is 12.0. The van der Waals surface area contributed by atoms with Crippen LogP contribution in [-0.2, 0) is 36.0 Å². The molecule has 2 aliphatic carbocycles. The predicted octanol–water partition coefficient (Wildman–Crippen LogP) is 6.60. The number of amides is 5. The lowest BCUT2D eigenvalue weighted by Gasteiger charge is -2.46. The second-order valence-electron chi connectivity index (χ2n) is 18.1. The number of benzene rings is 2. The van der Waals surface area contributed by atoms with Crippen molar-refractivity contribution in [3.05, 3.63) is 70.3 Å². The summed E-state index contributed by atoms with van der Waals surface area (Å²) < 4.78 is 39.4. The number of fused-ring (bicyclic) bond motifs is 4. The number of carbonyl (C=O) groups is 4. The summed E-state index contributed by atoms with van der Waals surface area (Å²) in [6, 6.07) is 9.61. The van der Waals surface area contributed by atoms with Gasteiger partial charge in [0.2, 0.25) is 5.91 Å². The van der Waals surface area contributed by atoms with Crippen molar-refractivity contribution < 1.29 is 37.6 Å². The molecule has 332 valence electrons. The van der Waals surface area contributed by atoms with Crippen LogP contribution in [0.1, 0.15) is 81.3 Å². The Morgan fingerprint density at radius 3 is 2.57 bits per heavy atom. The zero-order valence-corrected chi connectivity index (χ0v) is 37.8. The molecule has 0 unspecified atom stereocenters. The van der Waals surface area contributed by atoms with Gasteiger partial charge >= 0.3 is 12.1 Å². The highest BCUT2D eigenvalue weighted by atomic mass is 35.5. The first-order valence-corrected chi connectivity index (χ1v) is 23.7. The lowest BCUT2D eigenvalue weighted by atomic mass is 9.68. The Labute approximate surface area is 365 Å². The maximum Gasteiger partial charge on any atom is 0.407 e. The largest absolute Gasteiger partial charge is 0.490 e. The Bertz CT molecular complexity index is 2160. The topological polar surface area (TPSA) is 159 Å². The smallest absolute Gasteiger partial charge is 0.407 e. The molecule has 0 radical (unpaired) electrons. The number of methoxy groups -OCH3 is 2. The Kier molecular flexibility index (Phi) is 13.6. The third-order valence-electron chi connectivity index (χ3n) is 13.4. The van der Waals surface area contributed by atoms with Crippen molar-refractivity contribution in [3.63, 3.8) is 0 Å². The van der Waals surface area contributed by atoms with Crippen LogP contribution in [0.15, 0.2) is 52.9 Å². The summed E-state index contributed by atoms with van der Waals surface area (Å²) in [7, 11) is -0.670. The summed E-state index contributed by atoms with van der Waals surface area (Å²) in [6.45, 7) is 9.78. The Morgan fingerprint density at radius 1 is 1.07 bits per heavy atom. The molecule has 5 aliphatic rings. The number of carbonyl (C=O) groups excluding carboxylic acids is 4. The molecule has 16 heteroatoms. The molecule has 14 nitrogen and oxygen atoms in total. The molecule has 2 bridgehead atoms. The third-order valence-corrected chi connectivity index (χ3v) is 15.6. The molecule has 2 aromatic rings. The third kappa shape index (κ3) is 9.68. The second kappa shape index (κ2) is 18.6. The number of ether oxygens (including phenoxy) is 3. The monoisotopic (exact) mass is 880 g/mol. The minimum Gasteiger partial charge on any atom is -0.490 e. The van der Waals surface area contributed by atoms with Crippen LogP contribution >= 0.6 is 11.6 Å². The van der Waals surface area contributed by atoms with E-state index in [1.807, 2.05) is 45.9 Å². The van der Waals surface area contributed by atoms with Crippen LogP contribution in [0.2, 0.25) is 5.02 Å². The van der Waals surface area contributed by atoms with Crippen molar-refractivity contribution in [1.29, 1.82) is 0 Å². The molecule has 5 amide bonds. The number of allylic oxidation sites excluding steroid dienone is 1. The maximum absolute atomic E-state index is 14.9. The summed E-state index contributed by atoms with van der Waals surface area (Å²) in [6.07, 6.45) is 8.89. The molecule has 1 saturated carbocycles. The van der Waals surface area contributed by atoms with Gasteiger partial charge in [-0.3, -0.25) is 14.3 Å². The highest BCUT2D eigenvalue weighted by Gasteiger charge is 2.45. The van der Waals surface area contributed by atoms with E-state index in [4.69, 9.17) is 25.8 Å². The van der Waals surface area contributed by atoms with Crippen LogP contribution in [0.25, 0.3) is 0 Å². The molecular weight excluding hydrogens is 820 g/mol. The van der Waals surface area contributed by atoms with Gasteiger partial charge in [0, 0.05) is 61.9 Å². The lowest BCUT2D eigenvalue weighted by Crippen LogP contribution is -2.61. The van der Waals surface area contributed by atoms with Crippen LogP contribution in [0, 0.1) is 23.7 Å². The van der Waals surface area contributed by atoms with Crippen LogP contribution in [-0.4, -0.2) is 115 Å². The molecule has 1 spiro atoms. The first-order valence-electron chi connectivity index (χ1n) is 21.6. The highest BCUT2D eigenvalue weighted by Crippen LogP contribution is 2.47. The molecule has 61 heavy (non-hydrogen) atoms. The summed E-state index contributed by atoms with van der Waals surface area (Å²) in [5.74, 6) is -0.138. The van der Waals surface area contributed by atoms with E-state index >= 15 is 0 Å². The molecule has 3 aliphatic heterocycles. The van der Waals surface area contributed by atoms with Gasteiger partial charge in [-0.15, -0.1) is 4.36 Å². The van der Waals surface area contributed by atoms with E-state index in [0.717, 1.165) is 49.4 Å². The minimum atomic E-state index is -3.66. The van der Waals surface area contributed by atoms with Gasteiger partial charge < -0.3 is 34.2 Å². The zero-order chi connectivity index (χ0) is 43.6. The predicted molar refractivity (Wildman–Crippen MR) is 235 cm³/mol. The van der Waals surface area contributed by atoms with Crippen LogP contribution in [0.4, 0.5) is 15.3 Å². The SMILES string of the molecule is COC(=O)N[C@H](C(=O)N1CCN(C(=O)N[S@@]2(=O)=NC(=O)c3ccc4c(c3)N(C[C@@H]3CC[C@H]3[C@@H](OC)/C=C/C[C@H](C)C2)C[C@@]2(CCCc3cc(Cl)ccc32)CO4)C[C@@H]1C)C(C)C. The molecule has 2 fully saturated rings. The number of piperazine rings is 1. The summed E-state index contributed by atoms with van der Waals surface area (Å²) >= 11 is 6.48. The molecule has 1 saturated heterocycles. The van der Waals surface area contributed by atoms with E-state index < -0.39 is 40.0 Å². The van der Waals surface area contributed by atoms with Crippen molar-refractivity contribution in [2.75, 3.05) is 64.2 Å². The Balaban J connectivity index is 1.18. The summed E-state index contributed by atoms with van der Waals surface area (Å²) in [5.41, 5.74) is 3.23. The number of hydrogen-bond acceptors (Lipinski definition) is 9. The van der Waals surface area contributed by atoms with Crippen LogP contribution in [0.5, 0.6) is 5.75 Å². The number of aryl methyl sites for hydroxylation is 1. The lowest BCUT2D eigenvalue weighted by molar-refractivity contribution is -0.138. The summed E-state index contributed by atoms with van der Waals surface area (Å²) in [4.78, 5) is 59.3. The zero-order valence-electron chi connectivity index (χ0n) is 36.2. The fourth-order valence-electron chi connectivity index (χ4n) is 9.92. The second-order valence-corrected chi connectivity index (χ2v) is 20.5. The van der Waals surface area contributed by atoms with Crippen molar-refractivity contribution in [1.82, 2.24) is 19.8 Å². The van der Waals surface area contributed by atoms with Crippen LogP contribution < -0.4 is 19.7 Å². The van der Waals surface area contributed by atoms with Gasteiger partial charge in [-0.2, -0.15) is 0 Å². The molecule has 2 N–H and O–H groups in total. The first kappa shape index (κ1) is 44.7. The van der Waals surface area contributed by atoms with Gasteiger partial charge in [0.1, 0.15) is 21.7 Å². The van der Waals surface area contributed by atoms with Crippen molar-refractivity contribution >= 4 is 51.1 Å². The molecular formula is C45H61ClN6O8S. The van der Waals surface area contributed by atoms with Gasteiger partial charge in [0.05, 0.1) is 31.3 Å². The number of urea groups is 1. The van der Waals surface area contributed by atoms with E-state index in [0.29, 0.717) is 37.2 Å². The molecule has 2 aromatic carbocycles. The van der Waals surface area contributed by atoms with E-state index in [9.17, 15) is 23.4 Å². The van der Waals surface area contributed by atoms with Crippen molar-refractivity contribution in [2.24, 2.45) is 28.0 Å². The first-order chi connectivity index (χ1) is 29.1. The van der Waals surface area contributed by atoms with E-state index in [-0.39, 0.29) is 60.2 Å². The maximum atomic E-state index is 14.9. The molecule has 7 rings (SSSR count). The number of halogens is 1. The van der Waals surface area contributed by atoms with Gasteiger partial charge in [-0.05, 0) is 111 Å². The average molecular weight is 882 g/mol. The van der Waals surface area contributed by atoms with Gasteiger partial charge in [-0.1, -0.05) is 50.6 Å². The average Bonchev–Trinajstić information content (AvgIpc) is 3.36. The quantitative estimate of drug-likeness (QED) is 0.316. The Hall–Kier alpha value is -4.34. The fraction of sp³-hybridized carbons (Fsp3) is 0.600. The van der Waals surface area contributed by atoms with E-state index in [1.54, 1.807) is 18.1 Å². The standard InChI is InChI=1S/C45H61ClN6O8S/c1-28(2)40(47-44(56)59-6)42(54)52-20-19-50(23-30(52)4)43(55)49-61(57)25-29(3)9-7-11-38(58-5)35-15-12-33(35)24-51-26-45(18-8-10-31-21-34(46)14-16-36(31)45)27-60-39-17-13-32(22-37(39)51)41(53)48-61/h7,11,13-14,16-17,21-22,28-30,33,35,38,40H,8-10,12,15,18-20,23-27H2,1-6H3,(H,47,56)(H,48,49,53,55,57)/b11-7+/t29-,30-,33-,35+,38-,40-,45-,61-/m0/s1. The van der Waals surface area contributed by atoms with Gasteiger partial charge in [0.25, 0.3) is 5.91 Å². The summed E-state index contributed by atoms with van der Waals surface area (Å²) in [5, 5.41) is 3.35. The van der Waals surface area contributed by atoms with E-state index in [2.05, 4.69) is 43.6 Å². The van der Waals surface area contributed by atoms with Crippen molar-refractivity contribution in [2.45, 2.75) is 89.8 Å². The number of alkyl carbamates (subject to hydrolysis) is 1. The Morgan fingerprint density at radius 2 is 1.87 bits per heavy atom. The highest BCUT2D eigenvalue weighted by molar-refractivity contribution is 7.92.